The summed E-state index contributed by atoms with van der Waals surface area (Å²) in [7, 11) is 0. The number of morpholine rings is 1. The highest BCUT2D eigenvalue weighted by Gasteiger charge is 2.23. The molecule has 7 nitrogen and oxygen atoms in total. The summed E-state index contributed by atoms with van der Waals surface area (Å²) in [5, 5.41) is 7.48. The van der Waals surface area contributed by atoms with Crippen LogP contribution >= 0.6 is 11.6 Å². The van der Waals surface area contributed by atoms with Gasteiger partial charge in [-0.15, -0.1) is 0 Å². The summed E-state index contributed by atoms with van der Waals surface area (Å²) in [5.41, 5.74) is 10.1. The van der Waals surface area contributed by atoms with Gasteiger partial charge in [0.25, 0.3) is 0 Å². The van der Waals surface area contributed by atoms with Crippen molar-refractivity contribution in [1.29, 1.82) is 0 Å². The van der Waals surface area contributed by atoms with Crippen LogP contribution < -0.4 is 16.4 Å². The third-order valence-electron chi connectivity index (χ3n) is 6.36. The number of halogens is 1. The Hall–Kier alpha value is -2.87. The van der Waals surface area contributed by atoms with Crippen molar-refractivity contribution in [3.63, 3.8) is 0 Å². The maximum atomic E-state index is 6.46. The summed E-state index contributed by atoms with van der Waals surface area (Å²) in [5.74, 6) is 1.62. The Kier molecular flexibility index (Phi) is 10.8. The van der Waals surface area contributed by atoms with Crippen LogP contribution in [-0.4, -0.2) is 55.0 Å². The van der Waals surface area contributed by atoms with E-state index in [0.717, 1.165) is 48.3 Å². The molecule has 3 aliphatic heterocycles. The normalized spacial score (nSPS) is 24.7. The van der Waals surface area contributed by atoms with Gasteiger partial charge in [-0.3, -0.25) is 4.90 Å². The van der Waals surface area contributed by atoms with Gasteiger partial charge in [-0.05, 0) is 66.2 Å². The molecule has 38 heavy (non-hydrogen) atoms. The summed E-state index contributed by atoms with van der Waals surface area (Å²) in [4.78, 5) is 12.1. The number of rotatable bonds is 5. The third-order valence-corrected chi connectivity index (χ3v) is 6.71. The molecule has 0 amide bonds. The maximum Gasteiger partial charge on any atom is 0.136 e. The molecule has 8 heteroatoms. The average molecular weight is 539 g/mol. The highest BCUT2D eigenvalue weighted by molar-refractivity contribution is 6.30. The van der Waals surface area contributed by atoms with Gasteiger partial charge in [0.05, 0.1) is 31.0 Å². The molecular formula is C30H43ClN6O. The van der Waals surface area contributed by atoms with E-state index in [2.05, 4.69) is 67.5 Å². The molecule has 206 valence electrons. The van der Waals surface area contributed by atoms with Crippen LogP contribution in [0.15, 0.2) is 81.2 Å². The minimum atomic E-state index is -0.191. The van der Waals surface area contributed by atoms with Crippen LogP contribution in [0.1, 0.15) is 53.5 Å². The van der Waals surface area contributed by atoms with Crippen LogP contribution in [0.2, 0.25) is 0 Å². The van der Waals surface area contributed by atoms with Crippen molar-refractivity contribution in [2.75, 3.05) is 26.2 Å². The number of nitrogens with one attached hydrogen (secondary N) is 2. The number of ether oxygens (including phenoxy) is 1. The van der Waals surface area contributed by atoms with Crippen LogP contribution in [-0.2, 0) is 10.2 Å². The Balaban J connectivity index is 0.00000195. The Bertz CT molecular complexity index is 1120. The molecule has 3 aliphatic rings. The minimum absolute atomic E-state index is 0.0972. The van der Waals surface area contributed by atoms with Gasteiger partial charge >= 0.3 is 0 Å². The van der Waals surface area contributed by atoms with Gasteiger partial charge in [0.1, 0.15) is 11.7 Å². The molecule has 2 atom stereocenters. The topological polar surface area (TPSA) is 87.3 Å². The zero-order chi connectivity index (χ0) is 27.7. The van der Waals surface area contributed by atoms with Crippen LogP contribution in [0.5, 0.6) is 0 Å². The van der Waals surface area contributed by atoms with E-state index in [4.69, 9.17) is 32.1 Å². The molecule has 0 spiro atoms. The average Bonchev–Trinajstić information content (AvgIpc) is 2.89. The number of nitrogens with zero attached hydrogens (tertiary/aromatic N) is 3. The molecule has 0 bridgehead atoms. The van der Waals surface area contributed by atoms with E-state index in [1.807, 2.05) is 38.3 Å². The monoisotopic (exact) mass is 538 g/mol. The van der Waals surface area contributed by atoms with E-state index in [1.165, 1.54) is 5.56 Å². The minimum Gasteiger partial charge on any atom is -0.404 e. The Morgan fingerprint density at radius 1 is 1.26 bits per heavy atom. The Labute approximate surface area is 233 Å². The lowest BCUT2D eigenvalue weighted by Crippen LogP contribution is -2.47. The molecule has 4 N–H and O–H groups in total. The van der Waals surface area contributed by atoms with Crippen LogP contribution in [0.4, 0.5) is 5.69 Å². The van der Waals surface area contributed by atoms with Crippen LogP contribution in [0, 0.1) is 0 Å². The molecule has 0 radical (unpaired) electrons. The van der Waals surface area contributed by atoms with E-state index in [0.29, 0.717) is 18.0 Å². The fourth-order valence-corrected chi connectivity index (χ4v) is 4.69. The van der Waals surface area contributed by atoms with Crippen molar-refractivity contribution < 1.29 is 4.74 Å². The van der Waals surface area contributed by atoms with Crippen molar-refractivity contribution in [1.82, 2.24) is 15.5 Å². The molecule has 1 unspecified atom stereocenters. The smallest absolute Gasteiger partial charge is 0.136 e. The summed E-state index contributed by atoms with van der Waals surface area (Å²) in [6, 6.07) is 8.22. The fourth-order valence-electron chi connectivity index (χ4n) is 4.43. The van der Waals surface area contributed by atoms with Crippen LogP contribution in [0.3, 0.4) is 0 Å². The second-order valence-corrected chi connectivity index (χ2v) is 10.9. The number of dihydropyridines is 1. The van der Waals surface area contributed by atoms with Gasteiger partial charge in [0, 0.05) is 30.2 Å². The van der Waals surface area contributed by atoms with Gasteiger partial charge in [-0.2, -0.15) is 0 Å². The van der Waals surface area contributed by atoms with Gasteiger partial charge in [0.15, 0.2) is 0 Å². The van der Waals surface area contributed by atoms with Crippen molar-refractivity contribution >= 4 is 29.0 Å². The van der Waals surface area contributed by atoms with E-state index >= 15 is 0 Å². The van der Waals surface area contributed by atoms with E-state index in [1.54, 1.807) is 6.20 Å². The molecular weight excluding hydrogens is 496 g/mol. The first-order valence-corrected chi connectivity index (χ1v) is 13.9. The quantitative estimate of drug-likeness (QED) is 0.461. The number of amidine groups is 2. The first kappa shape index (κ1) is 29.7. The second kappa shape index (κ2) is 13.8. The van der Waals surface area contributed by atoms with Crippen molar-refractivity contribution in [2.24, 2.45) is 15.7 Å². The number of aliphatic imine (C=N–C) groups is 2. The lowest BCUT2D eigenvalue weighted by molar-refractivity contribution is -0.0127. The van der Waals surface area contributed by atoms with Gasteiger partial charge < -0.3 is 21.1 Å². The Morgan fingerprint density at radius 2 is 2.00 bits per heavy atom. The lowest BCUT2D eigenvalue weighted by atomic mass is 9.87. The molecule has 0 aromatic heterocycles. The maximum absolute atomic E-state index is 6.46. The number of benzene rings is 1. The molecule has 0 saturated carbocycles. The van der Waals surface area contributed by atoms with E-state index in [-0.39, 0.29) is 17.6 Å². The molecule has 1 aromatic rings. The molecule has 1 fully saturated rings. The van der Waals surface area contributed by atoms with E-state index < -0.39 is 0 Å². The number of hydrogen-bond donors (Lipinski definition) is 3. The van der Waals surface area contributed by atoms with Gasteiger partial charge in [0.2, 0.25) is 0 Å². The summed E-state index contributed by atoms with van der Waals surface area (Å²) in [6.45, 7) is 15.9. The highest BCUT2D eigenvalue weighted by Crippen LogP contribution is 2.26. The van der Waals surface area contributed by atoms with Gasteiger partial charge in [-0.25, -0.2) is 9.98 Å². The summed E-state index contributed by atoms with van der Waals surface area (Å²) < 4.78 is 5.71. The first-order chi connectivity index (χ1) is 18.2. The molecule has 0 aliphatic carbocycles. The fraction of sp³-hybridized carbons (Fsp3) is 0.467. The predicted octanol–water partition coefficient (Wildman–Crippen LogP) is 5.49. The highest BCUT2D eigenvalue weighted by atomic mass is 35.5. The Morgan fingerprint density at radius 3 is 2.63 bits per heavy atom. The lowest BCUT2D eigenvalue weighted by Gasteiger charge is -2.32. The number of hydrogen-bond acceptors (Lipinski definition) is 6. The van der Waals surface area contributed by atoms with Gasteiger partial charge in [-0.1, -0.05) is 58.4 Å². The molecule has 1 saturated heterocycles. The van der Waals surface area contributed by atoms with E-state index in [9.17, 15) is 0 Å². The number of nitrogens with two attached hydrogens (primary N) is 1. The van der Waals surface area contributed by atoms with Crippen LogP contribution in [0.25, 0.3) is 0 Å². The molecule has 3 heterocycles. The SMILES string of the molecule is CC.C[C@H]1CN(CC2=NC(=Nc3ccc(C(C)(C)C)cc3)C/C(=C\C(=C/N)C3NC=CC=C3Cl)N2)CCO1. The van der Waals surface area contributed by atoms with Crippen molar-refractivity contribution in [3.05, 3.63) is 76.8 Å². The zero-order valence-electron chi connectivity index (χ0n) is 23.6. The zero-order valence-corrected chi connectivity index (χ0v) is 24.3. The van der Waals surface area contributed by atoms with Crippen molar-refractivity contribution in [2.45, 2.75) is 65.5 Å². The summed E-state index contributed by atoms with van der Waals surface area (Å²) >= 11 is 6.46. The first-order valence-electron chi connectivity index (χ1n) is 13.5. The van der Waals surface area contributed by atoms with Crippen molar-refractivity contribution in [3.8, 4) is 0 Å². The second-order valence-electron chi connectivity index (χ2n) is 10.4. The largest absolute Gasteiger partial charge is 0.404 e. The predicted molar refractivity (Wildman–Crippen MR) is 161 cm³/mol. The molecule has 1 aromatic carbocycles. The third kappa shape index (κ3) is 8.32. The number of allylic oxidation sites excluding steroid dienone is 2. The molecule has 4 rings (SSSR count). The standard InChI is InChI=1S/C28H37ClN6O.C2H6/c1-19-17-35(12-13-36-19)18-26-33-23(14-20(16-30)27-24(29)6-5-11-31-27)15-25(34-26)32-22-9-7-21(8-10-22)28(2,3)4;1-2/h5-11,14,16,19,27,31H,12-13,15,17-18,30H2,1-4H3,(H,32,33,34);1-2H3/b20-16+,23-14+;/t19-,27?;/m0./s1. The summed E-state index contributed by atoms with van der Waals surface area (Å²) in [6.07, 6.45) is 10.0.